The maximum atomic E-state index is 12.8. The fraction of sp³-hybridized carbons (Fsp3) is 0.188. The average molecular weight is 365 g/mol. The van der Waals surface area contributed by atoms with Crippen LogP contribution in [0.4, 0.5) is 10.1 Å². The molecule has 2 rings (SSSR count). The number of carbonyl (C=O) groups excluding carboxylic acids is 2. The van der Waals surface area contributed by atoms with Crippen molar-refractivity contribution in [2.75, 3.05) is 16.8 Å². The SMILES string of the molecule is O=C(CS(=O)(=O)CC(=O)Nc1ccc(F)cc1)NCc1cccnc1. The topological polar surface area (TPSA) is 105 Å². The minimum Gasteiger partial charge on any atom is -0.351 e. The van der Waals surface area contributed by atoms with Crippen LogP contribution in [0.1, 0.15) is 5.56 Å². The summed E-state index contributed by atoms with van der Waals surface area (Å²) in [6, 6.07) is 8.31. The van der Waals surface area contributed by atoms with Gasteiger partial charge in [0.1, 0.15) is 17.3 Å². The van der Waals surface area contributed by atoms with Gasteiger partial charge in [0.15, 0.2) is 9.84 Å². The van der Waals surface area contributed by atoms with Crippen LogP contribution in [0, 0.1) is 5.82 Å². The van der Waals surface area contributed by atoms with Gasteiger partial charge in [0.2, 0.25) is 11.8 Å². The van der Waals surface area contributed by atoms with Gasteiger partial charge in [-0.15, -0.1) is 0 Å². The third-order valence-corrected chi connectivity index (χ3v) is 4.45. The number of anilines is 1. The van der Waals surface area contributed by atoms with E-state index in [1.54, 1.807) is 24.5 Å². The van der Waals surface area contributed by atoms with Gasteiger partial charge in [0, 0.05) is 24.6 Å². The lowest BCUT2D eigenvalue weighted by Gasteiger charge is -2.07. The van der Waals surface area contributed by atoms with Crippen LogP contribution in [0.5, 0.6) is 0 Å². The molecule has 2 amide bonds. The smallest absolute Gasteiger partial charge is 0.239 e. The molecule has 1 heterocycles. The van der Waals surface area contributed by atoms with E-state index in [1.807, 2.05) is 0 Å². The molecule has 0 saturated heterocycles. The number of aromatic nitrogens is 1. The molecule has 1 aromatic carbocycles. The molecule has 2 N–H and O–H groups in total. The highest BCUT2D eigenvalue weighted by Crippen LogP contribution is 2.08. The van der Waals surface area contributed by atoms with E-state index in [-0.39, 0.29) is 12.2 Å². The summed E-state index contributed by atoms with van der Waals surface area (Å²) in [6.45, 7) is 0.143. The maximum Gasteiger partial charge on any atom is 0.239 e. The minimum atomic E-state index is -3.93. The summed E-state index contributed by atoms with van der Waals surface area (Å²) in [7, 11) is -3.93. The second kappa shape index (κ2) is 8.34. The highest BCUT2D eigenvalue weighted by Gasteiger charge is 2.20. The van der Waals surface area contributed by atoms with Crippen molar-refractivity contribution in [3.05, 3.63) is 60.2 Å². The summed E-state index contributed by atoms with van der Waals surface area (Å²) in [5.74, 6) is -3.63. The van der Waals surface area contributed by atoms with E-state index in [0.717, 1.165) is 17.7 Å². The highest BCUT2D eigenvalue weighted by molar-refractivity contribution is 7.92. The van der Waals surface area contributed by atoms with Gasteiger partial charge in [-0.1, -0.05) is 6.07 Å². The largest absolute Gasteiger partial charge is 0.351 e. The van der Waals surface area contributed by atoms with Gasteiger partial charge in [-0.05, 0) is 35.9 Å². The minimum absolute atomic E-state index is 0.143. The first kappa shape index (κ1) is 18.5. The number of sulfone groups is 1. The molecule has 0 aliphatic carbocycles. The van der Waals surface area contributed by atoms with Gasteiger partial charge in [0.25, 0.3) is 0 Å². The first-order valence-electron chi connectivity index (χ1n) is 7.25. The molecule has 0 fully saturated rings. The molecule has 0 aliphatic heterocycles. The Morgan fingerprint density at radius 2 is 1.72 bits per heavy atom. The molecule has 25 heavy (non-hydrogen) atoms. The van der Waals surface area contributed by atoms with Gasteiger partial charge < -0.3 is 10.6 Å². The molecule has 0 aliphatic rings. The van der Waals surface area contributed by atoms with Gasteiger partial charge in [-0.25, -0.2) is 12.8 Å². The Labute approximate surface area is 144 Å². The van der Waals surface area contributed by atoms with Crippen molar-refractivity contribution < 1.29 is 22.4 Å². The van der Waals surface area contributed by atoms with E-state index in [9.17, 15) is 22.4 Å². The molecule has 0 spiro atoms. The fourth-order valence-corrected chi connectivity index (χ4v) is 3.01. The molecule has 9 heteroatoms. The molecule has 0 saturated carbocycles. The van der Waals surface area contributed by atoms with Crippen molar-refractivity contribution in [3.8, 4) is 0 Å². The molecular weight excluding hydrogens is 349 g/mol. The first-order chi connectivity index (χ1) is 11.8. The number of benzene rings is 1. The number of nitrogens with one attached hydrogen (secondary N) is 2. The molecule has 0 radical (unpaired) electrons. The monoisotopic (exact) mass is 365 g/mol. The van der Waals surface area contributed by atoms with E-state index < -0.39 is 39.0 Å². The predicted octanol–water partition coefficient (Wildman–Crippen LogP) is 0.890. The van der Waals surface area contributed by atoms with Crippen molar-refractivity contribution in [2.45, 2.75) is 6.54 Å². The quantitative estimate of drug-likeness (QED) is 0.758. The maximum absolute atomic E-state index is 12.8. The van der Waals surface area contributed by atoms with Gasteiger partial charge in [0.05, 0.1) is 0 Å². The second-order valence-corrected chi connectivity index (χ2v) is 7.29. The molecule has 0 bridgehead atoms. The van der Waals surface area contributed by atoms with Crippen molar-refractivity contribution in [1.82, 2.24) is 10.3 Å². The highest BCUT2D eigenvalue weighted by atomic mass is 32.2. The van der Waals surface area contributed by atoms with Crippen LogP contribution in [-0.2, 0) is 26.0 Å². The lowest BCUT2D eigenvalue weighted by Crippen LogP contribution is -2.33. The van der Waals surface area contributed by atoms with Crippen LogP contribution in [0.2, 0.25) is 0 Å². The van der Waals surface area contributed by atoms with Gasteiger partial charge in [-0.2, -0.15) is 0 Å². The molecule has 1 aromatic heterocycles. The van der Waals surface area contributed by atoms with Gasteiger partial charge in [-0.3, -0.25) is 14.6 Å². The number of rotatable bonds is 7. The number of hydrogen-bond acceptors (Lipinski definition) is 5. The van der Waals surface area contributed by atoms with Crippen molar-refractivity contribution >= 4 is 27.3 Å². The first-order valence-corrected chi connectivity index (χ1v) is 9.08. The number of pyridine rings is 1. The van der Waals surface area contributed by atoms with E-state index in [2.05, 4.69) is 15.6 Å². The van der Waals surface area contributed by atoms with Crippen LogP contribution in [0.3, 0.4) is 0 Å². The molecule has 7 nitrogen and oxygen atoms in total. The summed E-state index contributed by atoms with van der Waals surface area (Å²) in [4.78, 5) is 27.4. The Kier molecular flexibility index (Phi) is 6.18. The van der Waals surface area contributed by atoms with E-state index >= 15 is 0 Å². The standard InChI is InChI=1S/C16H16FN3O4S/c17-13-3-5-14(6-4-13)20-16(22)11-25(23,24)10-15(21)19-9-12-2-1-7-18-8-12/h1-8H,9-11H2,(H,19,21)(H,20,22). The zero-order valence-electron chi connectivity index (χ0n) is 13.1. The molecular formula is C16H16FN3O4S. The van der Waals surface area contributed by atoms with Crippen LogP contribution < -0.4 is 10.6 Å². The Morgan fingerprint density at radius 1 is 1.04 bits per heavy atom. The number of halogens is 1. The Hall–Kier alpha value is -2.81. The fourth-order valence-electron chi connectivity index (χ4n) is 1.94. The lowest BCUT2D eigenvalue weighted by molar-refractivity contribution is -0.118. The van der Waals surface area contributed by atoms with E-state index in [1.165, 1.54) is 12.1 Å². The lowest BCUT2D eigenvalue weighted by atomic mass is 10.3. The Morgan fingerprint density at radius 3 is 2.36 bits per heavy atom. The van der Waals surface area contributed by atoms with E-state index in [4.69, 9.17) is 0 Å². The normalized spacial score (nSPS) is 10.9. The van der Waals surface area contributed by atoms with E-state index in [0.29, 0.717) is 0 Å². The van der Waals surface area contributed by atoms with Gasteiger partial charge >= 0.3 is 0 Å². The number of hydrogen-bond donors (Lipinski definition) is 2. The number of amides is 2. The molecule has 132 valence electrons. The summed E-state index contributed by atoms with van der Waals surface area (Å²) >= 11 is 0. The average Bonchev–Trinajstić information content (AvgIpc) is 2.55. The number of nitrogens with zero attached hydrogens (tertiary/aromatic N) is 1. The summed E-state index contributed by atoms with van der Waals surface area (Å²) in [6.07, 6.45) is 3.13. The van der Waals surface area contributed by atoms with Crippen molar-refractivity contribution in [2.24, 2.45) is 0 Å². The zero-order chi connectivity index (χ0) is 18.3. The third kappa shape index (κ3) is 6.68. The van der Waals surface area contributed by atoms with Crippen LogP contribution in [-0.4, -0.2) is 36.7 Å². The Bertz CT molecular complexity index is 839. The number of carbonyl (C=O) groups is 2. The zero-order valence-corrected chi connectivity index (χ0v) is 13.9. The summed E-state index contributed by atoms with van der Waals surface area (Å²) in [5.41, 5.74) is 0.991. The van der Waals surface area contributed by atoms with Crippen molar-refractivity contribution in [1.29, 1.82) is 0 Å². The molecule has 2 aromatic rings. The van der Waals surface area contributed by atoms with Crippen molar-refractivity contribution in [3.63, 3.8) is 0 Å². The molecule has 0 atom stereocenters. The summed E-state index contributed by atoms with van der Waals surface area (Å²) < 4.78 is 36.6. The second-order valence-electron chi connectivity index (χ2n) is 5.23. The third-order valence-electron chi connectivity index (χ3n) is 3.04. The predicted molar refractivity (Wildman–Crippen MR) is 89.8 cm³/mol. The van der Waals surface area contributed by atoms with Crippen LogP contribution >= 0.6 is 0 Å². The summed E-state index contributed by atoms with van der Waals surface area (Å²) in [5, 5.41) is 4.78. The Balaban J connectivity index is 1.82. The molecule has 0 unspecified atom stereocenters. The van der Waals surface area contributed by atoms with Crippen LogP contribution in [0.25, 0.3) is 0 Å². The van der Waals surface area contributed by atoms with Crippen LogP contribution in [0.15, 0.2) is 48.8 Å².